The molecule has 0 saturated carbocycles. The fraction of sp³-hybridized carbons (Fsp3) is 0.118. The summed E-state index contributed by atoms with van der Waals surface area (Å²) in [4.78, 5) is 12.1. The van der Waals surface area contributed by atoms with Crippen molar-refractivity contribution in [3.05, 3.63) is 70.6 Å². The Morgan fingerprint density at radius 1 is 1.16 bits per heavy atom. The maximum atomic E-state index is 13.3. The molecule has 2 aromatic carbocycles. The third kappa shape index (κ3) is 3.66. The minimum absolute atomic E-state index is 0.0610. The van der Waals surface area contributed by atoms with E-state index in [0.29, 0.717) is 17.7 Å². The number of aromatic nitrogens is 2. The molecule has 0 spiro atoms. The van der Waals surface area contributed by atoms with Crippen LogP contribution in [0.4, 0.5) is 8.78 Å². The Morgan fingerprint density at radius 3 is 2.56 bits per heavy atom. The molecule has 3 aromatic rings. The fourth-order valence-corrected chi connectivity index (χ4v) is 2.28. The largest absolute Gasteiger partial charge is 0.449 e. The van der Waals surface area contributed by atoms with Gasteiger partial charge < -0.3 is 9.15 Å². The number of nitrogens with zero attached hydrogens (tertiary/aromatic N) is 2. The molecule has 0 fully saturated rings. The first kappa shape index (κ1) is 17.0. The normalized spacial score (nSPS) is 12.0. The van der Waals surface area contributed by atoms with Crippen molar-refractivity contribution in [3.63, 3.8) is 0 Å². The van der Waals surface area contributed by atoms with Crippen LogP contribution in [-0.2, 0) is 4.74 Å². The summed E-state index contributed by atoms with van der Waals surface area (Å²) >= 11 is 5.75. The minimum atomic E-state index is -1.20. The summed E-state index contributed by atoms with van der Waals surface area (Å²) in [7, 11) is 0. The second-order valence-corrected chi connectivity index (χ2v) is 5.51. The first-order valence-corrected chi connectivity index (χ1v) is 7.58. The van der Waals surface area contributed by atoms with Crippen LogP contribution in [0.3, 0.4) is 0 Å². The van der Waals surface area contributed by atoms with Gasteiger partial charge in [-0.25, -0.2) is 13.6 Å². The van der Waals surface area contributed by atoms with Gasteiger partial charge in [0.25, 0.3) is 5.89 Å². The minimum Gasteiger partial charge on any atom is -0.449 e. The van der Waals surface area contributed by atoms with Crippen molar-refractivity contribution in [1.29, 1.82) is 0 Å². The molecule has 1 heterocycles. The van der Waals surface area contributed by atoms with Gasteiger partial charge in [-0.3, -0.25) is 0 Å². The maximum absolute atomic E-state index is 13.3. The van der Waals surface area contributed by atoms with E-state index >= 15 is 0 Å². The molecule has 1 aromatic heterocycles. The molecule has 8 heteroatoms. The Kier molecular flexibility index (Phi) is 4.76. The molecule has 0 aliphatic carbocycles. The van der Waals surface area contributed by atoms with Gasteiger partial charge in [-0.05, 0) is 31.2 Å². The average molecular weight is 365 g/mol. The Labute approximate surface area is 146 Å². The molecule has 0 N–H and O–H groups in total. The molecule has 128 valence electrons. The van der Waals surface area contributed by atoms with Gasteiger partial charge in [0.05, 0.1) is 10.6 Å². The number of halogens is 3. The van der Waals surface area contributed by atoms with Gasteiger partial charge in [-0.15, -0.1) is 10.2 Å². The van der Waals surface area contributed by atoms with E-state index < -0.39 is 23.7 Å². The molecular weight excluding hydrogens is 354 g/mol. The zero-order chi connectivity index (χ0) is 18.0. The molecule has 0 saturated heterocycles. The van der Waals surface area contributed by atoms with E-state index in [-0.39, 0.29) is 22.4 Å². The highest BCUT2D eigenvalue weighted by Crippen LogP contribution is 2.25. The summed E-state index contributed by atoms with van der Waals surface area (Å²) in [5.74, 6) is -2.96. The number of carbonyl (C=O) groups excluding carboxylic acids is 1. The van der Waals surface area contributed by atoms with Gasteiger partial charge in [0, 0.05) is 5.56 Å². The third-order valence-corrected chi connectivity index (χ3v) is 3.64. The molecule has 0 amide bonds. The van der Waals surface area contributed by atoms with Crippen molar-refractivity contribution in [3.8, 4) is 11.5 Å². The van der Waals surface area contributed by atoms with E-state index in [1.165, 1.54) is 6.92 Å². The summed E-state index contributed by atoms with van der Waals surface area (Å²) in [6.45, 7) is 1.51. The van der Waals surface area contributed by atoms with Crippen LogP contribution in [0.5, 0.6) is 0 Å². The first-order valence-electron chi connectivity index (χ1n) is 7.20. The molecule has 0 aliphatic heterocycles. The van der Waals surface area contributed by atoms with Crippen LogP contribution in [0, 0.1) is 11.6 Å². The van der Waals surface area contributed by atoms with Crippen LogP contribution in [0.2, 0.25) is 5.02 Å². The molecule has 1 unspecified atom stereocenters. The van der Waals surface area contributed by atoms with Crippen molar-refractivity contribution in [1.82, 2.24) is 10.2 Å². The Balaban J connectivity index is 1.76. The van der Waals surface area contributed by atoms with Crippen LogP contribution < -0.4 is 0 Å². The smallest absolute Gasteiger partial charge is 0.340 e. The van der Waals surface area contributed by atoms with Crippen LogP contribution in [0.1, 0.15) is 29.3 Å². The SMILES string of the molecule is CC(OC(=O)c1cc(F)c(F)cc1Cl)c1nnc(-c2ccccc2)o1. The summed E-state index contributed by atoms with van der Waals surface area (Å²) < 4.78 is 37.0. The highest BCUT2D eigenvalue weighted by molar-refractivity contribution is 6.33. The van der Waals surface area contributed by atoms with E-state index in [0.717, 1.165) is 0 Å². The molecule has 0 radical (unpaired) electrons. The van der Waals surface area contributed by atoms with Gasteiger partial charge in [0.2, 0.25) is 5.89 Å². The summed E-state index contributed by atoms with van der Waals surface area (Å²) in [5.41, 5.74) is 0.415. The lowest BCUT2D eigenvalue weighted by molar-refractivity contribution is 0.0279. The lowest BCUT2D eigenvalue weighted by Gasteiger charge is -2.10. The lowest BCUT2D eigenvalue weighted by Crippen LogP contribution is -2.11. The van der Waals surface area contributed by atoms with Crippen molar-refractivity contribution in [2.45, 2.75) is 13.0 Å². The van der Waals surface area contributed by atoms with E-state index in [4.69, 9.17) is 20.8 Å². The molecule has 0 bridgehead atoms. The lowest BCUT2D eigenvalue weighted by atomic mass is 10.2. The Bertz CT molecular complexity index is 916. The van der Waals surface area contributed by atoms with E-state index in [1.54, 1.807) is 12.1 Å². The zero-order valence-electron chi connectivity index (χ0n) is 12.9. The number of hydrogen-bond acceptors (Lipinski definition) is 5. The summed E-state index contributed by atoms with van der Waals surface area (Å²) in [6.07, 6.45) is -0.901. The van der Waals surface area contributed by atoms with Crippen LogP contribution in [0.15, 0.2) is 46.9 Å². The average Bonchev–Trinajstić information content (AvgIpc) is 3.09. The van der Waals surface area contributed by atoms with E-state index in [1.807, 2.05) is 18.2 Å². The maximum Gasteiger partial charge on any atom is 0.340 e. The molecule has 1 atom stereocenters. The van der Waals surface area contributed by atoms with Crippen LogP contribution in [0.25, 0.3) is 11.5 Å². The van der Waals surface area contributed by atoms with Crippen LogP contribution in [-0.4, -0.2) is 16.2 Å². The second kappa shape index (κ2) is 6.98. The molecule has 0 aliphatic rings. The van der Waals surface area contributed by atoms with Crippen molar-refractivity contribution < 1.29 is 22.7 Å². The third-order valence-electron chi connectivity index (χ3n) is 3.32. The van der Waals surface area contributed by atoms with Gasteiger partial charge in [-0.1, -0.05) is 29.8 Å². The molecule has 5 nitrogen and oxygen atoms in total. The number of benzene rings is 2. The number of carbonyl (C=O) groups is 1. The van der Waals surface area contributed by atoms with Gasteiger partial charge in [0.1, 0.15) is 0 Å². The van der Waals surface area contributed by atoms with Crippen molar-refractivity contribution >= 4 is 17.6 Å². The molecular formula is C17H11ClF2N2O3. The van der Waals surface area contributed by atoms with Crippen molar-refractivity contribution in [2.24, 2.45) is 0 Å². The Morgan fingerprint density at radius 2 is 1.84 bits per heavy atom. The predicted molar refractivity (Wildman–Crippen MR) is 84.9 cm³/mol. The standard InChI is InChI=1S/C17H11ClF2N2O3/c1-9(15-21-22-16(25-15)10-5-3-2-4-6-10)24-17(23)11-7-13(19)14(20)8-12(11)18/h2-9H,1H3. The number of esters is 1. The molecule has 3 rings (SSSR count). The summed E-state index contributed by atoms with van der Waals surface area (Å²) in [6, 6.07) is 10.4. The monoisotopic (exact) mass is 364 g/mol. The van der Waals surface area contributed by atoms with E-state index in [2.05, 4.69) is 10.2 Å². The predicted octanol–water partition coefficient (Wildman–Crippen LogP) is 4.59. The summed E-state index contributed by atoms with van der Waals surface area (Å²) in [5, 5.41) is 7.46. The van der Waals surface area contributed by atoms with Crippen molar-refractivity contribution in [2.75, 3.05) is 0 Å². The first-order chi connectivity index (χ1) is 12.0. The molecule has 25 heavy (non-hydrogen) atoms. The van der Waals surface area contributed by atoms with Gasteiger partial charge in [-0.2, -0.15) is 0 Å². The Hall–Kier alpha value is -2.80. The second-order valence-electron chi connectivity index (χ2n) is 5.11. The number of hydrogen-bond donors (Lipinski definition) is 0. The topological polar surface area (TPSA) is 65.2 Å². The number of rotatable bonds is 4. The number of ether oxygens (including phenoxy) is 1. The quantitative estimate of drug-likeness (QED) is 0.500. The zero-order valence-corrected chi connectivity index (χ0v) is 13.6. The van der Waals surface area contributed by atoms with Crippen LogP contribution >= 0.6 is 11.6 Å². The highest BCUT2D eigenvalue weighted by Gasteiger charge is 2.22. The fourth-order valence-electron chi connectivity index (χ4n) is 2.05. The van der Waals surface area contributed by atoms with E-state index in [9.17, 15) is 13.6 Å². The highest BCUT2D eigenvalue weighted by atomic mass is 35.5. The van der Waals surface area contributed by atoms with Gasteiger partial charge in [0.15, 0.2) is 17.7 Å². The van der Waals surface area contributed by atoms with Gasteiger partial charge >= 0.3 is 5.97 Å².